The quantitative estimate of drug-likeness (QED) is 0.851. The molecule has 0 aliphatic rings. The van der Waals surface area contributed by atoms with E-state index in [4.69, 9.17) is 5.73 Å². The van der Waals surface area contributed by atoms with Crippen molar-refractivity contribution in [1.29, 1.82) is 0 Å². The molecule has 0 atom stereocenters. The van der Waals surface area contributed by atoms with Gasteiger partial charge < -0.3 is 5.73 Å². The molecule has 0 aliphatic carbocycles. The molecule has 86 valence electrons. The lowest BCUT2D eigenvalue weighted by Gasteiger charge is -2.08. The minimum absolute atomic E-state index is 0.0272. The molecule has 1 amide bonds. The molecule has 0 aliphatic heterocycles. The molecule has 0 saturated heterocycles. The van der Waals surface area contributed by atoms with Gasteiger partial charge in [0.25, 0.3) is 0 Å². The van der Waals surface area contributed by atoms with Gasteiger partial charge in [-0.2, -0.15) is 0 Å². The summed E-state index contributed by atoms with van der Waals surface area (Å²) in [6.07, 6.45) is 0. The third-order valence-electron chi connectivity index (χ3n) is 2.42. The molecular weight excluding hydrogens is 224 g/mol. The Hall–Kier alpha value is -2.23. The van der Waals surface area contributed by atoms with Gasteiger partial charge in [0, 0.05) is 16.7 Å². The molecule has 4 heteroatoms. The normalized spacial score (nSPS) is 10.2. The standard InChI is InChI=1S/C13H9F2NO/c14-10-6-2-1-4-8(10)12-9(13(16)17)5-3-7-11(12)15/h1-7H,(H2,16,17). The van der Waals surface area contributed by atoms with E-state index in [1.807, 2.05) is 0 Å². The maximum Gasteiger partial charge on any atom is 0.249 e. The van der Waals surface area contributed by atoms with E-state index in [1.165, 1.54) is 30.3 Å². The van der Waals surface area contributed by atoms with E-state index in [-0.39, 0.29) is 16.7 Å². The number of rotatable bonds is 2. The van der Waals surface area contributed by atoms with Crippen molar-refractivity contribution >= 4 is 5.91 Å². The van der Waals surface area contributed by atoms with Gasteiger partial charge in [0.1, 0.15) is 11.6 Å². The van der Waals surface area contributed by atoms with Crippen LogP contribution in [0.3, 0.4) is 0 Å². The van der Waals surface area contributed by atoms with Gasteiger partial charge in [-0.15, -0.1) is 0 Å². The summed E-state index contributed by atoms with van der Waals surface area (Å²) >= 11 is 0. The third kappa shape index (κ3) is 2.01. The zero-order valence-electron chi connectivity index (χ0n) is 8.78. The summed E-state index contributed by atoms with van der Waals surface area (Å²) < 4.78 is 27.3. The van der Waals surface area contributed by atoms with E-state index in [2.05, 4.69) is 0 Å². The van der Waals surface area contributed by atoms with Gasteiger partial charge in [0.2, 0.25) is 5.91 Å². The Labute approximate surface area is 96.7 Å². The number of benzene rings is 2. The van der Waals surface area contributed by atoms with Crippen molar-refractivity contribution < 1.29 is 13.6 Å². The highest BCUT2D eigenvalue weighted by molar-refractivity contribution is 6.00. The van der Waals surface area contributed by atoms with Crippen LogP contribution in [0.2, 0.25) is 0 Å². The number of carbonyl (C=O) groups excluding carboxylic acids is 1. The van der Waals surface area contributed by atoms with Gasteiger partial charge in [0.15, 0.2) is 0 Å². The van der Waals surface area contributed by atoms with Gasteiger partial charge >= 0.3 is 0 Å². The Morgan fingerprint density at radius 1 is 0.941 bits per heavy atom. The molecule has 0 heterocycles. The lowest BCUT2D eigenvalue weighted by molar-refractivity contribution is 0.100. The molecule has 0 saturated carbocycles. The average molecular weight is 233 g/mol. The number of carbonyl (C=O) groups is 1. The van der Waals surface area contributed by atoms with E-state index in [0.29, 0.717) is 0 Å². The SMILES string of the molecule is NC(=O)c1cccc(F)c1-c1ccccc1F. The van der Waals surface area contributed by atoms with Crippen LogP contribution in [-0.4, -0.2) is 5.91 Å². The molecule has 2 N–H and O–H groups in total. The van der Waals surface area contributed by atoms with Crippen LogP contribution in [0.4, 0.5) is 8.78 Å². The maximum absolute atomic E-state index is 13.7. The number of nitrogens with two attached hydrogens (primary N) is 1. The highest BCUT2D eigenvalue weighted by Crippen LogP contribution is 2.28. The van der Waals surface area contributed by atoms with Gasteiger partial charge in [-0.1, -0.05) is 24.3 Å². The van der Waals surface area contributed by atoms with Crippen LogP contribution in [0.1, 0.15) is 10.4 Å². The molecule has 17 heavy (non-hydrogen) atoms. The molecule has 2 aromatic rings. The Balaban J connectivity index is 2.75. The largest absolute Gasteiger partial charge is 0.366 e. The van der Waals surface area contributed by atoms with Gasteiger partial charge in [-0.3, -0.25) is 4.79 Å². The highest BCUT2D eigenvalue weighted by atomic mass is 19.1. The van der Waals surface area contributed by atoms with Crippen molar-refractivity contribution in [1.82, 2.24) is 0 Å². The number of primary amides is 1. The average Bonchev–Trinajstić information content (AvgIpc) is 2.30. The van der Waals surface area contributed by atoms with Crippen LogP contribution in [0.5, 0.6) is 0 Å². The highest BCUT2D eigenvalue weighted by Gasteiger charge is 2.16. The maximum atomic E-state index is 13.7. The summed E-state index contributed by atoms with van der Waals surface area (Å²) in [5, 5.41) is 0. The second kappa shape index (κ2) is 4.33. The van der Waals surface area contributed by atoms with Crippen LogP contribution in [0, 0.1) is 11.6 Å². The predicted molar refractivity (Wildman–Crippen MR) is 60.3 cm³/mol. The van der Waals surface area contributed by atoms with Crippen LogP contribution in [-0.2, 0) is 0 Å². The minimum atomic E-state index is -0.789. The van der Waals surface area contributed by atoms with E-state index in [1.54, 1.807) is 6.07 Å². The molecule has 2 nitrogen and oxygen atoms in total. The van der Waals surface area contributed by atoms with E-state index >= 15 is 0 Å². The molecule has 0 unspecified atom stereocenters. The summed E-state index contributed by atoms with van der Waals surface area (Å²) in [5.41, 5.74) is 5.04. The second-order valence-electron chi connectivity index (χ2n) is 3.51. The van der Waals surface area contributed by atoms with Crippen LogP contribution < -0.4 is 5.73 Å². The fourth-order valence-corrected chi connectivity index (χ4v) is 1.67. The smallest absolute Gasteiger partial charge is 0.249 e. The van der Waals surface area contributed by atoms with E-state index in [9.17, 15) is 13.6 Å². The molecule has 2 rings (SSSR count). The summed E-state index contributed by atoms with van der Waals surface area (Å²) in [5.74, 6) is -2.06. The lowest BCUT2D eigenvalue weighted by Crippen LogP contribution is -2.13. The molecule has 2 aromatic carbocycles. The molecular formula is C13H9F2NO. The number of amides is 1. The first-order valence-electron chi connectivity index (χ1n) is 4.94. The topological polar surface area (TPSA) is 43.1 Å². The van der Waals surface area contributed by atoms with Crippen molar-refractivity contribution in [3.05, 3.63) is 59.7 Å². The van der Waals surface area contributed by atoms with Crippen LogP contribution in [0.25, 0.3) is 11.1 Å². The monoisotopic (exact) mass is 233 g/mol. The van der Waals surface area contributed by atoms with Crippen molar-refractivity contribution in [2.45, 2.75) is 0 Å². The van der Waals surface area contributed by atoms with Crippen molar-refractivity contribution in [3.63, 3.8) is 0 Å². The van der Waals surface area contributed by atoms with Crippen molar-refractivity contribution in [2.24, 2.45) is 5.73 Å². The second-order valence-corrected chi connectivity index (χ2v) is 3.51. The molecule has 0 bridgehead atoms. The predicted octanol–water partition coefficient (Wildman–Crippen LogP) is 2.73. The zero-order chi connectivity index (χ0) is 12.4. The molecule has 0 radical (unpaired) electrons. The van der Waals surface area contributed by atoms with E-state index < -0.39 is 17.5 Å². The first-order chi connectivity index (χ1) is 8.11. The molecule has 0 spiro atoms. The number of halogens is 2. The number of hydrogen-bond donors (Lipinski definition) is 1. The molecule has 0 fully saturated rings. The Bertz CT molecular complexity index is 581. The first kappa shape index (κ1) is 11.3. The lowest BCUT2D eigenvalue weighted by atomic mass is 9.98. The summed E-state index contributed by atoms with van der Waals surface area (Å²) in [7, 11) is 0. The summed E-state index contributed by atoms with van der Waals surface area (Å²) in [6, 6.07) is 9.55. The molecule has 0 aromatic heterocycles. The fraction of sp³-hybridized carbons (Fsp3) is 0. The van der Waals surface area contributed by atoms with Gasteiger partial charge in [-0.05, 0) is 18.2 Å². The van der Waals surface area contributed by atoms with E-state index in [0.717, 1.165) is 6.07 Å². The Morgan fingerprint density at radius 2 is 1.59 bits per heavy atom. The minimum Gasteiger partial charge on any atom is -0.366 e. The van der Waals surface area contributed by atoms with Gasteiger partial charge in [-0.25, -0.2) is 8.78 Å². The van der Waals surface area contributed by atoms with Crippen molar-refractivity contribution in [3.8, 4) is 11.1 Å². The van der Waals surface area contributed by atoms with Crippen LogP contribution in [0.15, 0.2) is 42.5 Å². The van der Waals surface area contributed by atoms with Crippen molar-refractivity contribution in [2.75, 3.05) is 0 Å². The summed E-state index contributed by atoms with van der Waals surface area (Å²) in [4.78, 5) is 11.2. The Kier molecular flexibility index (Phi) is 2.87. The third-order valence-corrected chi connectivity index (χ3v) is 2.42. The first-order valence-corrected chi connectivity index (χ1v) is 4.94. The summed E-state index contributed by atoms with van der Waals surface area (Å²) in [6.45, 7) is 0. The zero-order valence-corrected chi connectivity index (χ0v) is 8.78. The van der Waals surface area contributed by atoms with Gasteiger partial charge in [0.05, 0.1) is 0 Å². The Morgan fingerprint density at radius 3 is 2.24 bits per heavy atom. The fourth-order valence-electron chi connectivity index (χ4n) is 1.67. The number of hydrogen-bond acceptors (Lipinski definition) is 1. The van der Waals surface area contributed by atoms with Crippen LogP contribution >= 0.6 is 0 Å².